The van der Waals surface area contributed by atoms with E-state index in [4.69, 9.17) is 15.0 Å². The van der Waals surface area contributed by atoms with Crippen LogP contribution in [0.5, 0.6) is 11.5 Å². The SMILES string of the molecule is CCCCCCCCCCCCCCCCNC(=O)c1cc(OCCN)c2ccccc2c1O.Cc1ccc(S(=O)(=O)O)cc1. The molecule has 0 heterocycles. The maximum Gasteiger partial charge on any atom is 0.294 e. The van der Waals surface area contributed by atoms with Crippen LogP contribution in [-0.4, -0.2) is 43.7 Å². The fraction of sp³-hybridized carbons (Fsp3) is 0.528. The Morgan fingerprint density at radius 1 is 0.800 bits per heavy atom. The van der Waals surface area contributed by atoms with Crippen LogP contribution in [0, 0.1) is 6.92 Å². The van der Waals surface area contributed by atoms with Gasteiger partial charge in [0.2, 0.25) is 0 Å². The maximum absolute atomic E-state index is 12.7. The number of amides is 1. The van der Waals surface area contributed by atoms with Gasteiger partial charge in [-0.3, -0.25) is 9.35 Å². The van der Waals surface area contributed by atoms with Crippen molar-refractivity contribution in [2.75, 3.05) is 19.7 Å². The molecule has 9 heteroatoms. The monoisotopic (exact) mass is 642 g/mol. The first kappa shape index (κ1) is 38.0. The van der Waals surface area contributed by atoms with E-state index in [2.05, 4.69) is 12.2 Å². The minimum absolute atomic E-state index is 0.00541. The molecule has 5 N–H and O–H groups in total. The van der Waals surface area contributed by atoms with Crippen LogP contribution in [0.4, 0.5) is 0 Å². The molecule has 3 aromatic rings. The number of rotatable bonds is 20. The van der Waals surface area contributed by atoms with Gasteiger partial charge in [0.15, 0.2) is 0 Å². The number of nitrogens with two attached hydrogens (primary N) is 1. The average molecular weight is 643 g/mol. The molecule has 3 rings (SSSR count). The topological polar surface area (TPSA) is 139 Å². The average Bonchev–Trinajstić information content (AvgIpc) is 3.02. The highest BCUT2D eigenvalue weighted by atomic mass is 32.2. The van der Waals surface area contributed by atoms with Crippen molar-refractivity contribution in [3.05, 3.63) is 65.7 Å². The lowest BCUT2D eigenvalue weighted by Crippen LogP contribution is -2.24. The summed E-state index contributed by atoms with van der Waals surface area (Å²) >= 11 is 0. The van der Waals surface area contributed by atoms with Gasteiger partial charge in [-0.25, -0.2) is 0 Å². The molecule has 0 aromatic heterocycles. The van der Waals surface area contributed by atoms with E-state index in [0.717, 1.165) is 23.8 Å². The molecular weight excluding hydrogens is 588 g/mol. The summed E-state index contributed by atoms with van der Waals surface area (Å²) in [6.07, 6.45) is 18.3. The van der Waals surface area contributed by atoms with Gasteiger partial charge in [0.1, 0.15) is 18.1 Å². The molecule has 0 aliphatic heterocycles. The van der Waals surface area contributed by atoms with Crippen molar-refractivity contribution in [1.82, 2.24) is 5.32 Å². The second kappa shape index (κ2) is 21.6. The predicted octanol–water partition coefficient (Wildman–Crippen LogP) is 8.34. The minimum atomic E-state index is -4.02. The van der Waals surface area contributed by atoms with Gasteiger partial charge in [-0.2, -0.15) is 8.42 Å². The Kier molecular flexibility index (Phi) is 18.2. The van der Waals surface area contributed by atoms with Crippen molar-refractivity contribution in [2.45, 2.75) is 109 Å². The highest BCUT2D eigenvalue weighted by molar-refractivity contribution is 7.85. The van der Waals surface area contributed by atoms with Crippen molar-refractivity contribution in [3.8, 4) is 11.5 Å². The molecule has 250 valence electrons. The van der Waals surface area contributed by atoms with Crippen molar-refractivity contribution >= 4 is 26.8 Å². The van der Waals surface area contributed by atoms with Gasteiger partial charge in [0.05, 0.1) is 10.5 Å². The highest BCUT2D eigenvalue weighted by Crippen LogP contribution is 2.36. The van der Waals surface area contributed by atoms with Gasteiger partial charge >= 0.3 is 0 Å². The Bertz CT molecular complexity index is 1380. The van der Waals surface area contributed by atoms with Crippen LogP contribution in [0.3, 0.4) is 0 Å². The smallest absolute Gasteiger partial charge is 0.294 e. The molecule has 45 heavy (non-hydrogen) atoms. The fourth-order valence-electron chi connectivity index (χ4n) is 5.12. The van der Waals surface area contributed by atoms with E-state index < -0.39 is 10.1 Å². The number of aryl methyl sites for hydroxylation is 1. The molecule has 3 aromatic carbocycles. The molecule has 0 saturated heterocycles. The number of hydrogen-bond donors (Lipinski definition) is 4. The number of hydrogen-bond acceptors (Lipinski definition) is 6. The molecule has 0 radical (unpaired) electrons. The minimum Gasteiger partial charge on any atom is -0.506 e. The second-order valence-electron chi connectivity index (χ2n) is 11.6. The van der Waals surface area contributed by atoms with Crippen LogP contribution in [0.15, 0.2) is 59.5 Å². The number of ether oxygens (including phenoxy) is 1. The number of phenolic OH excluding ortho intramolecular Hbond substituents is 1. The van der Waals surface area contributed by atoms with Crippen LogP contribution < -0.4 is 15.8 Å². The molecule has 0 spiro atoms. The lowest BCUT2D eigenvalue weighted by atomic mass is 10.0. The van der Waals surface area contributed by atoms with Gasteiger partial charge in [0.25, 0.3) is 16.0 Å². The lowest BCUT2D eigenvalue weighted by molar-refractivity contribution is 0.0950. The summed E-state index contributed by atoms with van der Waals surface area (Å²) in [5, 5.41) is 15.0. The Labute approximate surface area is 270 Å². The van der Waals surface area contributed by atoms with Crippen LogP contribution in [-0.2, 0) is 10.1 Å². The van der Waals surface area contributed by atoms with Gasteiger partial charge in [0, 0.05) is 23.9 Å². The zero-order valence-electron chi connectivity index (χ0n) is 27.2. The molecule has 8 nitrogen and oxygen atoms in total. The van der Waals surface area contributed by atoms with E-state index in [1.807, 2.05) is 25.1 Å². The molecular formula is C36H54N2O6S. The van der Waals surface area contributed by atoms with Crippen LogP contribution in [0.25, 0.3) is 10.8 Å². The van der Waals surface area contributed by atoms with E-state index in [1.54, 1.807) is 24.3 Å². The summed E-state index contributed by atoms with van der Waals surface area (Å²) in [5.74, 6) is 0.296. The van der Waals surface area contributed by atoms with Crippen LogP contribution in [0.2, 0.25) is 0 Å². The fourth-order valence-corrected chi connectivity index (χ4v) is 5.60. The van der Waals surface area contributed by atoms with Gasteiger partial charge in [-0.05, 0) is 31.5 Å². The van der Waals surface area contributed by atoms with E-state index in [9.17, 15) is 18.3 Å². The Hall–Kier alpha value is -3.14. The Balaban J connectivity index is 0.000000537. The van der Waals surface area contributed by atoms with E-state index in [1.165, 1.54) is 89.2 Å². The van der Waals surface area contributed by atoms with E-state index in [-0.39, 0.29) is 22.1 Å². The normalized spacial score (nSPS) is 11.2. The molecule has 0 aliphatic carbocycles. The van der Waals surface area contributed by atoms with Crippen molar-refractivity contribution in [1.29, 1.82) is 0 Å². The summed E-state index contributed by atoms with van der Waals surface area (Å²) in [7, 11) is -4.02. The summed E-state index contributed by atoms with van der Waals surface area (Å²) in [6, 6.07) is 15.0. The largest absolute Gasteiger partial charge is 0.506 e. The van der Waals surface area contributed by atoms with Crippen molar-refractivity contribution in [2.24, 2.45) is 5.73 Å². The van der Waals surface area contributed by atoms with Crippen LogP contribution >= 0.6 is 0 Å². The summed E-state index contributed by atoms with van der Waals surface area (Å²) < 4.78 is 35.3. The van der Waals surface area contributed by atoms with Crippen molar-refractivity contribution in [3.63, 3.8) is 0 Å². The number of fused-ring (bicyclic) bond motifs is 1. The zero-order valence-corrected chi connectivity index (χ0v) is 28.0. The molecule has 0 fully saturated rings. The number of nitrogens with one attached hydrogen (secondary N) is 1. The Morgan fingerprint density at radius 2 is 1.31 bits per heavy atom. The third-order valence-electron chi connectivity index (χ3n) is 7.73. The van der Waals surface area contributed by atoms with E-state index >= 15 is 0 Å². The van der Waals surface area contributed by atoms with E-state index in [0.29, 0.717) is 30.8 Å². The third-order valence-corrected chi connectivity index (χ3v) is 8.60. The maximum atomic E-state index is 12.7. The first-order valence-electron chi connectivity index (χ1n) is 16.6. The number of unbranched alkanes of at least 4 members (excludes halogenated alkanes) is 13. The summed E-state index contributed by atoms with van der Waals surface area (Å²) in [4.78, 5) is 12.7. The first-order valence-corrected chi connectivity index (χ1v) is 18.0. The highest BCUT2D eigenvalue weighted by Gasteiger charge is 2.17. The Morgan fingerprint density at radius 3 is 1.82 bits per heavy atom. The number of phenols is 1. The standard InChI is InChI=1S/C29H46N2O3.C7H8O3S/c1-2-3-4-5-6-7-8-9-10-11-12-13-14-17-21-31-29(33)26-23-27(34-22-20-30)24-18-15-16-19-25(24)28(26)32;1-6-2-4-7(5-3-6)11(8,9)10/h15-16,18-19,23,32H,2-14,17,20-22,30H2,1H3,(H,31,33);2-5H,1H3,(H,8,9,10). The summed E-state index contributed by atoms with van der Waals surface area (Å²) in [6.45, 7) is 5.46. The molecule has 0 bridgehead atoms. The third kappa shape index (κ3) is 14.7. The number of aromatic hydroxyl groups is 1. The molecule has 0 atom stereocenters. The second-order valence-corrected chi connectivity index (χ2v) is 13.0. The van der Waals surface area contributed by atoms with Crippen molar-refractivity contribution < 1.29 is 27.6 Å². The molecule has 0 aliphatic rings. The molecule has 1 amide bonds. The van der Waals surface area contributed by atoms with Gasteiger partial charge < -0.3 is 20.9 Å². The number of benzene rings is 3. The zero-order chi connectivity index (χ0) is 32.9. The molecule has 0 unspecified atom stereocenters. The molecule has 0 saturated carbocycles. The van der Waals surface area contributed by atoms with Gasteiger partial charge in [-0.1, -0.05) is 132 Å². The quantitative estimate of drug-likeness (QED) is 0.0718. The first-order chi connectivity index (χ1) is 21.7. The van der Waals surface area contributed by atoms with Gasteiger partial charge in [-0.15, -0.1) is 0 Å². The summed E-state index contributed by atoms with van der Waals surface area (Å²) in [5.41, 5.74) is 6.77. The number of carbonyl (C=O) groups is 1. The predicted molar refractivity (Wildman–Crippen MR) is 184 cm³/mol. The van der Waals surface area contributed by atoms with Crippen LogP contribution in [0.1, 0.15) is 113 Å². The number of carbonyl (C=O) groups excluding carboxylic acids is 1. The lowest BCUT2D eigenvalue weighted by Gasteiger charge is -2.14.